The monoisotopic (exact) mass is 385 g/mol. The first-order valence-corrected chi connectivity index (χ1v) is 10.1. The number of hydrogen-bond acceptors (Lipinski definition) is 2. The highest BCUT2D eigenvalue weighted by molar-refractivity contribution is 6.10. The van der Waals surface area contributed by atoms with Gasteiger partial charge in [0.1, 0.15) is 0 Å². The van der Waals surface area contributed by atoms with E-state index in [0.717, 1.165) is 30.6 Å². The lowest BCUT2D eigenvalue weighted by molar-refractivity contribution is 0.103. The van der Waals surface area contributed by atoms with Crippen LogP contribution >= 0.6 is 12.4 Å². The summed E-state index contributed by atoms with van der Waals surface area (Å²) in [6.45, 7) is 9.13. The number of fused-ring (bicyclic) bond motifs is 1. The minimum Gasteiger partial charge on any atom is -0.300 e. The Hall–Kier alpha value is -1.64. The van der Waals surface area contributed by atoms with E-state index in [-0.39, 0.29) is 18.2 Å². The van der Waals surface area contributed by atoms with E-state index in [2.05, 4.69) is 37.8 Å². The van der Waals surface area contributed by atoms with Gasteiger partial charge in [-0.2, -0.15) is 0 Å². The third kappa shape index (κ3) is 4.62. The second-order valence-corrected chi connectivity index (χ2v) is 7.50. The molecule has 2 aromatic rings. The Kier molecular flexibility index (Phi) is 8.07. The molecule has 2 unspecified atom stereocenters. The summed E-state index contributed by atoms with van der Waals surface area (Å²) in [7, 11) is 0. The second-order valence-electron chi connectivity index (χ2n) is 7.50. The van der Waals surface area contributed by atoms with Crippen molar-refractivity contribution in [3.63, 3.8) is 0 Å². The Bertz CT molecular complexity index is 737. The Morgan fingerprint density at radius 2 is 1.67 bits per heavy atom. The number of aryl methyl sites for hydroxylation is 1. The molecule has 0 radical (unpaired) electrons. The Balaban J connectivity index is 0.00000261. The summed E-state index contributed by atoms with van der Waals surface area (Å²) in [4.78, 5) is 15.8. The average Bonchev–Trinajstić information content (AvgIpc) is 2.68. The Labute approximate surface area is 170 Å². The number of carbonyl (C=O) groups excluding carboxylic acids is 1. The molecule has 2 nitrogen and oxygen atoms in total. The van der Waals surface area contributed by atoms with Gasteiger partial charge in [-0.05, 0) is 55.8 Å². The lowest BCUT2D eigenvalue weighted by Crippen LogP contribution is -2.42. The molecule has 0 amide bonds. The minimum absolute atomic E-state index is 0. The molecule has 3 heteroatoms. The zero-order chi connectivity index (χ0) is 18.5. The van der Waals surface area contributed by atoms with E-state index in [4.69, 9.17) is 0 Å². The first-order valence-electron chi connectivity index (χ1n) is 10.1. The van der Waals surface area contributed by atoms with Crippen molar-refractivity contribution in [1.29, 1.82) is 0 Å². The summed E-state index contributed by atoms with van der Waals surface area (Å²) < 4.78 is 0. The highest BCUT2D eigenvalue weighted by atomic mass is 35.5. The van der Waals surface area contributed by atoms with Crippen LogP contribution < -0.4 is 0 Å². The van der Waals surface area contributed by atoms with Crippen LogP contribution in [-0.2, 0) is 6.42 Å². The number of hydrogen-bond donors (Lipinski definition) is 0. The summed E-state index contributed by atoms with van der Waals surface area (Å²) in [5, 5.41) is 0. The third-order valence-corrected chi connectivity index (χ3v) is 5.71. The lowest BCUT2D eigenvalue weighted by Gasteiger charge is -2.40. The lowest BCUT2D eigenvalue weighted by atomic mass is 9.76. The summed E-state index contributed by atoms with van der Waals surface area (Å²) in [6.07, 6.45) is 4.63. The molecule has 146 valence electrons. The van der Waals surface area contributed by atoms with Crippen LogP contribution in [0.15, 0.2) is 48.5 Å². The van der Waals surface area contributed by atoms with Gasteiger partial charge in [-0.25, -0.2) is 0 Å². The van der Waals surface area contributed by atoms with Gasteiger partial charge < -0.3 is 0 Å². The van der Waals surface area contributed by atoms with Crippen LogP contribution in [-0.4, -0.2) is 29.8 Å². The highest BCUT2D eigenvalue weighted by Crippen LogP contribution is 2.37. The fourth-order valence-electron chi connectivity index (χ4n) is 4.57. The number of halogens is 1. The first kappa shape index (κ1) is 21.7. The molecule has 0 saturated heterocycles. The normalized spacial score (nSPS) is 18.7. The zero-order valence-corrected chi connectivity index (χ0v) is 17.6. The fourth-order valence-corrected chi connectivity index (χ4v) is 4.57. The predicted octanol–water partition coefficient (Wildman–Crippen LogP) is 5.88. The molecular weight excluding hydrogens is 354 g/mol. The summed E-state index contributed by atoms with van der Waals surface area (Å²) >= 11 is 0. The van der Waals surface area contributed by atoms with Crippen molar-refractivity contribution in [2.45, 2.75) is 58.4 Å². The average molecular weight is 386 g/mol. The molecule has 0 heterocycles. The predicted molar refractivity (Wildman–Crippen MR) is 116 cm³/mol. The quantitative estimate of drug-likeness (QED) is 0.554. The van der Waals surface area contributed by atoms with Crippen LogP contribution in [0.4, 0.5) is 0 Å². The van der Waals surface area contributed by atoms with Crippen LogP contribution in [0.1, 0.15) is 73.0 Å². The van der Waals surface area contributed by atoms with E-state index < -0.39 is 0 Å². The van der Waals surface area contributed by atoms with E-state index in [1.807, 2.05) is 36.4 Å². The SMILES string of the molecule is CCCN(CCC)C1CCc2cccc(C(=O)c3ccccc3)c2C1C.Cl. The molecule has 3 rings (SSSR count). The van der Waals surface area contributed by atoms with Gasteiger partial charge >= 0.3 is 0 Å². The zero-order valence-electron chi connectivity index (χ0n) is 16.8. The molecule has 2 atom stereocenters. The van der Waals surface area contributed by atoms with Gasteiger partial charge in [-0.15, -0.1) is 12.4 Å². The highest BCUT2D eigenvalue weighted by Gasteiger charge is 2.33. The molecule has 1 aliphatic carbocycles. The van der Waals surface area contributed by atoms with E-state index in [1.165, 1.54) is 30.4 Å². The van der Waals surface area contributed by atoms with Crippen LogP contribution in [0, 0.1) is 0 Å². The number of rotatable bonds is 7. The van der Waals surface area contributed by atoms with E-state index in [0.29, 0.717) is 12.0 Å². The van der Waals surface area contributed by atoms with Crippen molar-refractivity contribution < 1.29 is 4.79 Å². The molecule has 0 bridgehead atoms. The maximum Gasteiger partial charge on any atom is 0.193 e. The number of ketones is 1. The van der Waals surface area contributed by atoms with E-state index >= 15 is 0 Å². The van der Waals surface area contributed by atoms with Gasteiger partial charge in [0.2, 0.25) is 0 Å². The van der Waals surface area contributed by atoms with Crippen LogP contribution in [0.2, 0.25) is 0 Å². The Morgan fingerprint density at radius 1 is 1.00 bits per heavy atom. The number of nitrogens with zero attached hydrogens (tertiary/aromatic N) is 1. The van der Waals surface area contributed by atoms with Gasteiger partial charge in [-0.3, -0.25) is 9.69 Å². The van der Waals surface area contributed by atoms with Gasteiger partial charge in [0, 0.05) is 17.2 Å². The largest absolute Gasteiger partial charge is 0.300 e. The fraction of sp³-hybridized carbons (Fsp3) is 0.458. The van der Waals surface area contributed by atoms with Gasteiger partial charge in [0.25, 0.3) is 0 Å². The maximum atomic E-state index is 13.2. The third-order valence-electron chi connectivity index (χ3n) is 5.71. The van der Waals surface area contributed by atoms with Crippen molar-refractivity contribution in [3.05, 3.63) is 70.8 Å². The van der Waals surface area contributed by atoms with Crippen molar-refractivity contribution in [1.82, 2.24) is 4.90 Å². The Morgan fingerprint density at radius 3 is 2.30 bits per heavy atom. The molecule has 1 aliphatic rings. The minimum atomic E-state index is 0. The van der Waals surface area contributed by atoms with Crippen LogP contribution in [0.25, 0.3) is 0 Å². The van der Waals surface area contributed by atoms with Crippen molar-refractivity contribution in [2.24, 2.45) is 0 Å². The van der Waals surface area contributed by atoms with Gasteiger partial charge in [0.05, 0.1) is 0 Å². The standard InChI is InChI=1S/C24H31NO.ClH/c1-4-16-25(17-5-2)22-15-14-19-12-9-13-21(23(19)18(22)3)24(26)20-10-7-6-8-11-20;/h6-13,18,22H,4-5,14-17H2,1-3H3;1H. The van der Waals surface area contributed by atoms with Crippen molar-refractivity contribution in [2.75, 3.05) is 13.1 Å². The molecule has 27 heavy (non-hydrogen) atoms. The number of carbonyl (C=O) groups is 1. The summed E-state index contributed by atoms with van der Waals surface area (Å²) in [6, 6.07) is 16.5. The van der Waals surface area contributed by atoms with Gasteiger partial charge in [0.15, 0.2) is 5.78 Å². The molecule has 0 N–H and O–H groups in total. The molecular formula is C24H32ClNO. The summed E-state index contributed by atoms with van der Waals surface area (Å²) in [5.74, 6) is 0.549. The molecule has 0 fully saturated rings. The van der Waals surface area contributed by atoms with Crippen LogP contribution in [0.5, 0.6) is 0 Å². The van der Waals surface area contributed by atoms with Gasteiger partial charge in [-0.1, -0.05) is 69.3 Å². The van der Waals surface area contributed by atoms with Crippen molar-refractivity contribution >= 4 is 18.2 Å². The topological polar surface area (TPSA) is 20.3 Å². The molecule has 0 saturated carbocycles. The number of benzene rings is 2. The maximum absolute atomic E-state index is 13.2. The molecule has 0 spiro atoms. The molecule has 0 aromatic heterocycles. The first-order chi connectivity index (χ1) is 12.7. The van der Waals surface area contributed by atoms with E-state index in [1.54, 1.807) is 0 Å². The smallest absolute Gasteiger partial charge is 0.193 e. The van der Waals surface area contributed by atoms with E-state index in [9.17, 15) is 4.79 Å². The van der Waals surface area contributed by atoms with Crippen molar-refractivity contribution in [3.8, 4) is 0 Å². The molecule has 2 aromatic carbocycles. The summed E-state index contributed by atoms with van der Waals surface area (Å²) in [5.41, 5.74) is 4.34. The van der Waals surface area contributed by atoms with Crippen LogP contribution in [0.3, 0.4) is 0 Å². The second kappa shape index (κ2) is 10.1. The molecule has 0 aliphatic heterocycles.